The first-order chi connectivity index (χ1) is 7.26. The summed E-state index contributed by atoms with van der Waals surface area (Å²) in [6, 6.07) is 6.45. The first-order valence-electron chi connectivity index (χ1n) is 5.48. The number of hydrogen-bond donors (Lipinski definition) is 1. The summed E-state index contributed by atoms with van der Waals surface area (Å²) in [7, 11) is 0. The maximum absolute atomic E-state index is 5.72. The van der Waals surface area contributed by atoms with Crippen LogP contribution in [0.3, 0.4) is 0 Å². The van der Waals surface area contributed by atoms with Crippen molar-refractivity contribution in [1.82, 2.24) is 9.55 Å². The molecule has 3 nitrogen and oxygen atoms in total. The SMILES string of the molecule is CCC(CC)n1cnc2cc(N)ccc21. The molecular formula is C12H17N3. The highest BCUT2D eigenvalue weighted by atomic mass is 15.1. The van der Waals surface area contributed by atoms with E-state index in [9.17, 15) is 0 Å². The molecule has 0 aliphatic carbocycles. The molecule has 1 heterocycles. The van der Waals surface area contributed by atoms with Gasteiger partial charge in [-0.15, -0.1) is 0 Å². The highest BCUT2D eigenvalue weighted by Crippen LogP contribution is 2.23. The number of anilines is 1. The molecule has 3 heteroatoms. The van der Waals surface area contributed by atoms with E-state index in [0.717, 1.165) is 24.0 Å². The molecule has 0 aliphatic heterocycles. The number of nitrogens with two attached hydrogens (primary N) is 1. The van der Waals surface area contributed by atoms with E-state index in [1.54, 1.807) is 0 Å². The van der Waals surface area contributed by atoms with Gasteiger partial charge in [-0.3, -0.25) is 0 Å². The molecule has 1 aromatic carbocycles. The number of imidazole rings is 1. The lowest BCUT2D eigenvalue weighted by Crippen LogP contribution is -2.05. The second-order valence-corrected chi connectivity index (χ2v) is 3.87. The van der Waals surface area contributed by atoms with Gasteiger partial charge in [0.05, 0.1) is 17.4 Å². The monoisotopic (exact) mass is 203 g/mol. The van der Waals surface area contributed by atoms with Gasteiger partial charge in [-0.2, -0.15) is 0 Å². The highest BCUT2D eigenvalue weighted by molar-refractivity contribution is 5.79. The minimum Gasteiger partial charge on any atom is -0.399 e. The van der Waals surface area contributed by atoms with Crippen LogP contribution in [0.25, 0.3) is 11.0 Å². The summed E-state index contributed by atoms with van der Waals surface area (Å²) in [4.78, 5) is 4.38. The molecule has 0 atom stereocenters. The quantitative estimate of drug-likeness (QED) is 0.779. The van der Waals surface area contributed by atoms with E-state index in [1.165, 1.54) is 5.52 Å². The average molecular weight is 203 g/mol. The van der Waals surface area contributed by atoms with Gasteiger partial charge in [0, 0.05) is 11.7 Å². The van der Waals surface area contributed by atoms with E-state index >= 15 is 0 Å². The van der Waals surface area contributed by atoms with Gasteiger partial charge in [-0.25, -0.2) is 4.98 Å². The normalized spacial score (nSPS) is 11.4. The third kappa shape index (κ3) is 1.69. The third-order valence-corrected chi connectivity index (χ3v) is 2.93. The van der Waals surface area contributed by atoms with Gasteiger partial charge in [0.25, 0.3) is 0 Å². The van der Waals surface area contributed by atoms with Crippen LogP contribution in [0.2, 0.25) is 0 Å². The van der Waals surface area contributed by atoms with Crippen molar-refractivity contribution >= 4 is 16.7 Å². The highest BCUT2D eigenvalue weighted by Gasteiger charge is 2.09. The number of aromatic nitrogens is 2. The van der Waals surface area contributed by atoms with Gasteiger partial charge in [0.1, 0.15) is 0 Å². The topological polar surface area (TPSA) is 43.8 Å². The number of fused-ring (bicyclic) bond motifs is 1. The van der Waals surface area contributed by atoms with Crippen LogP contribution in [-0.2, 0) is 0 Å². The van der Waals surface area contributed by atoms with Crippen LogP contribution >= 0.6 is 0 Å². The average Bonchev–Trinajstić information content (AvgIpc) is 2.63. The molecule has 0 unspecified atom stereocenters. The molecule has 0 spiro atoms. The summed E-state index contributed by atoms with van der Waals surface area (Å²) in [6.45, 7) is 4.41. The van der Waals surface area contributed by atoms with E-state index in [4.69, 9.17) is 5.73 Å². The van der Waals surface area contributed by atoms with Crippen LogP contribution in [-0.4, -0.2) is 9.55 Å². The Hall–Kier alpha value is -1.51. The fourth-order valence-corrected chi connectivity index (χ4v) is 2.02. The summed E-state index contributed by atoms with van der Waals surface area (Å²) in [5.41, 5.74) is 8.67. The molecule has 15 heavy (non-hydrogen) atoms. The standard InChI is InChI=1S/C12H17N3/c1-3-10(4-2)15-8-14-11-7-9(13)5-6-12(11)15/h5-8,10H,3-4,13H2,1-2H3. The zero-order valence-electron chi connectivity index (χ0n) is 9.27. The fraction of sp³-hybridized carbons (Fsp3) is 0.417. The van der Waals surface area contributed by atoms with Gasteiger partial charge in [0.2, 0.25) is 0 Å². The molecule has 0 saturated carbocycles. The van der Waals surface area contributed by atoms with Crippen LogP contribution < -0.4 is 5.73 Å². The molecule has 80 valence electrons. The maximum atomic E-state index is 5.72. The van der Waals surface area contributed by atoms with Gasteiger partial charge in [-0.05, 0) is 31.0 Å². The largest absolute Gasteiger partial charge is 0.399 e. The third-order valence-electron chi connectivity index (χ3n) is 2.93. The molecule has 0 bridgehead atoms. The summed E-state index contributed by atoms with van der Waals surface area (Å²) < 4.78 is 2.24. The Morgan fingerprint density at radius 2 is 2.07 bits per heavy atom. The van der Waals surface area contributed by atoms with Crippen molar-refractivity contribution in [3.8, 4) is 0 Å². The second kappa shape index (κ2) is 3.93. The van der Waals surface area contributed by atoms with Crippen molar-refractivity contribution in [3.63, 3.8) is 0 Å². The van der Waals surface area contributed by atoms with Gasteiger partial charge in [-0.1, -0.05) is 13.8 Å². The molecular weight excluding hydrogens is 186 g/mol. The zero-order chi connectivity index (χ0) is 10.8. The Labute approximate surface area is 89.9 Å². The summed E-state index contributed by atoms with van der Waals surface area (Å²) in [6.07, 6.45) is 4.18. The molecule has 0 radical (unpaired) electrons. The predicted molar refractivity (Wildman–Crippen MR) is 63.8 cm³/mol. The minimum atomic E-state index is 0.540. The zero-order valence-corrected chi connectivity index (χ0v) is 9.27. The summed E-state index contributed by atoms with van der Waals surface area (Å²) in [5.74, 6) is 0. The predicted octanol–water partition coefficient (Wildman–Crippen LogP) is 2.98. The van der Waals surface area contributed by atoms with Crippen LogP contribution in [0.1, 0.15) is 32.7 Å². The van der Waals surface area contributed by atoms with Crippen molar-refractivity contribution in [2.75, 3.05) is 5.73 Å². The van der Waals surface area contributed by atoms with E-state index in [0.29, 0.717) is 6.04 Å². The summed E-state index contributed by atoms with van der Waals surface area (Å²) in [5, 5.41) is 0. The van der Waals surface area contributed by atoms with Crippen molar-refractivity contribution in [1.29, 1.82) is 0 Å². The Balaban J connectivity index is 2.53. The van der Waals surface area contributed by atoms with Crippen LogP contribution in [0.4, 0.5) is 5.69 Å². The van der Waals surface area contributed by atoms with E-state index in [-0.39, 0.29) is 0 Å². The first-order valence-corrected chi connectivity index (χ1v) is 5.48. The lowest BCUT2D eigenvalue weighted by Gasteiger charge is -2.15. The Morgan fingerprint density at radius 1 is 1.33 bits per heavy atom. The number of rotatable bonds is 3. The fourth-order valence-electron chi connectivity index (χ4n) is 2.02. The van der Waals surface area contributed by atoms with Crippen LogP contribution in [0, 0.1) is 0 Å². The lowest BCUT2D eigenvalue weighted by atomic mass is 10.1. The first kappa shape index (κ1) is 10.0. The van der Waals surface area contributed by atoms with Crippen LogP contribution in [0.15, 0.2) is 24.5 Å². The molecule has 0 saturated heterocycles. The van der Waals surface area contributed by atoms with E-state index in [2.05, 4.69) is 29.5 Å². The van der Waals surface area contributed by atoms with Crippen molar-refractivity contribution in [2.45, 2.75) is 32.7 Å². The Bertz CT molecular complexity index is 455. The van der Waals surface area contributed by atoms with E-state index in [1.807, 2.05) is 18.5 Å². The lowest BCUT2D eigenvalue weighted by molar-refractivity contribution is 0.483. The van der Waals surface area contributed by atoms with Gasteiger partial charge < -0.3 is 10.3 Å². The smallest absolute Gasteiger partial charge is 0.0960 e. The number of benzene rings is 1. The number of nitrogens with zero attached hydrogens (tertiary/aromatic N) is 2. The minimum absolute atomic E-state index is 0.540. The molecule has 0 aliphatic rings. The van der Waals surface area contributed by atoms with E-state index < -0.39 is 0 Å². The van der Waals surface area contributed by atoms with Gasteiger partial charge in [0.15, 0.2) is 0 Å². The van der Waals surface area contributed by atoms with Crippen molar-refractivity contribution in [2.24, 2.45) is 0 Å². The molecule has 2 N–H and O–H groups in total. The molecule has 2 rings (SSSR count). The Morgan fingerprint density at radius 3 is 2.73 bits per heavy atom. The second-order valence-electron chi connectivity index (χ2n) is 3.87. The molecule has 2 aromatic rings. The number of hydrogen-bond acceptors (Lipinski definition) is 2. The van der Waals surface area contributed by atoms with Crippen molar-refractivity contribution in [3.05, 3.63) is 24.5 Å². The molecule has 1 aromatic heterocycles. The number of nitrogen functional groups attached to an aromatic ring is 1. The molecule has 0 amide bonds. The van der Waals surface area contributed by atoms with Gasteiger partial charge >= 0.3 is 0 Å². The summed E-state index contributed by atoms with van der Waals surface area (Å²) >= 11 is 0. The van der Waals surface area contributed by atoms with Crippen LogP contribution in [0.5, 0.6) is 0 Å². The maximum Gasteiger partial charge on any atom is 0.0960 e. The molecule has 0 fully saturated rings. The Kier molecular flexibility index (Phi) is 2.62. The van der Waals surface area contributed by atoms with Crippen molar-refractivity contribution < 1.29 is 0 Å².